The largest absolute Gasteiger partial charge is 0.355 e. The minimum absolute atomic E-state index is 0. The quantitative estimate of drug-likeness (QED) is 0.597. The third-order valence-electron chi connectivity index (χ3n) is 5.41. The minimum Gasteiger partial charge on any atom is -0.355 e. The van der Waals surface area contributed by atoms with Gasteiger partial charge in [0.2, 0.25) is 5.91 Å². The fourth-order valence-corrected chi connectivity index (χ4v) is 4.27. The fourth-order valence-electron chi connectivity index (χ4n) is 4.05. The molecule has 3 N–H and O–H groups in total. The van der Waals surface area contributed by atoms with E-state index in [1.807, 2.05) is 12.1 Å². The number of fused-ring (bicyclic) bond motifs is 2. The number of aromatic amines is 1. The number of carbonyl (C=O) groups is 2. The van der Waals surface area contributed by atoms with Crippen LogP contribution in [0.3, 0.4) is 0 Å². The van der Waals surface area contributed by atoms with Gasteiger partial charge in [0.25, 0.3) is 5.91 Å². The molecule has 6 nitrogen and oxygen atoms in total. The second-order valence-corrected chi connectivity index (χ2v) is 7.70. The standard InChI is InChI=1S/C21H19ClN4O2.ClH/c22-16-3-2-14(20-15(16)9-24-21(20)28)18-8-13-7-12(1-4-17(13)25-18)10-26-6-5-23-19(27)11-26;/h1-4,7-8,25H,5-6,9-11H2,(H,23,27)(H,24,28);1H. The Labute approximate surface area is 179 Å². The summed E-state index contributed by atoms with van der Waals surface area (Å²) in [5, 5.41) is 7.39. The maximum atomic E-state index is 12.3. The van der Waals surface area contributed by atoms with E-state index in [0.29, 0.717) is 30.2 Å². The number of carbonyl (C=O) groups excluding carboxylic acids is 2. The van der Waals surface area contributed by atoms with Crippen molar-refractivity contribution in [1.82, 2.24) is 20.5 Å². The highest BCUT2D eigenvalue weighted by Crippen LogP contribution is 2.34. The topological polar surface area (TPSA) is 77.2 Å². The van der Waals surface area contributed by atoms with E-state index in [1.165, 1.54) is 0 Å². The number of H-pyrrole nitrogens is 1. The van der Waals surface area contributed by atoms with Crippen LogP contribution in [0.15, 0.2) is 36.4 Å². The molecule has 1 aromatic heterocycles. The van der Waals surface area contributed by atoms with E-state index in [0.717, 1.165) is 46.4 Å². The summed E-state index contributed by atoms with van der Waals surface area (Å²) in [6.45, 7) is 3.19. The van der Waals surface area contributed by atoms with E-state index in [4.69, 9.17) is 11.6 Å². The highest BCUT2D eigenvalue weighted by atomic mass is 35.5. The molecule has 2 aromatic carbocycles. The summed E-state index contributed by atoms with van der Waals surface area (Å²) in [4.78, 5) is 29.4. The Balaban J connectivity index is 0.00000205. The van der Waals surface area contributed by atoms with Crippen LogP contribution in [-0.2, 0) is 17.9 Å². The van der Waals surface area contributed by atoms with Gasteiger partial charge in [-0.1, -0.05) is 23.7 Å². The number of nitrogens with zero attached hydrogens (tertiary/aromatic N) is 1. The van der Waals surface area contributed by atoms with Crippen LogP contribution in [0.2, 0.25) is 5.02 Å². The molecule has 2 aliphatic heterocycles. The van der Waals surface area contributed by atoms with E-state index in [9.17, 15) is 9.59 Å². The van der Waals surface area contributed by atoms with Gasteiger partial charge < -0.3 is 15.6 Å². The number of amides is 2. The van der Waals surface area contributed by atoms with Crippen LogP contribution in [0.5, 0.6) is 0 Å². The van der Waals surface area contributed by atoms with Crippen LogP contribution in [-0.4, -0.2) is 41.3 Å². The van der Waals surface area contributed by atoms with Crippen LogP contribution in [0.25, 0.3) is 22.2 Å². The lowest BCUT2D eigenvalue weighted by Crippen LogP contribution is -2.47. The molecule has 0 atom stereocenters. The zero-order valence-electron chi connectivity index (χ0n) is 15.5. The first-order valence-corrected chi connectivity index (χ1v) is 9.67. The van der Waals surface area contributed by atoms with Gasteiger partial charge in [-0.05, 0) is 29.8 Å². The van der Waals surface area contributed by atoms with Crippen LogP contribution in [0.1, 0.15) is 21.5 Å². The molecule has 150 valence electrons. The first kappa shape index (κ1) is 19.8. The summed E-state index contributed by atoms with van der Waals surface area (Å²) in [6, 6.07) is 12.1. The smallest absolute Gasteiger partial charge is 0.252 e. The van der Waals surface area contributed by atoms with Crippen molar-refractivity contribution in [3.63, 3.8) is 0 Å². The number of aromatic nitrogens is 1. The lowest BCUT2D eigenvalue weighted by atomic mass is 10.0. The predicted molar refractivity (Wildman–Crippen MR) is 115 cm³/mol. The van der Waals surface area contributed by atoms with Crippen molar-refractivity contribution in [2.24, 2.45) is 0 Å². The second-order valence-electron chi connectivity index (χ2n) is 7.30. The maximum absolute atomic E-state index is 12.3. The van der Waals surface area contributed by atoms with Crippen LogP contribution in [0, 0.1) is 0 Å². The van der Waals surface area contributed by atoms with Gasteiger partial charge in [0.05, 0.1) is 12.1 Å². The summed E-state index contributed by atoms with van der Waals surface area (Å²) in [7, 11) is 0. The first-order valence-electron chi connectivity index (χ1n) is 9.29. The van der Waals surface area contributed by atoms with Crippen LogP contribution < -0.4 is 10.6 Å². The Hall–Kier alpha value is -2.54. The van der Waals surface area contributed by atoms with E-state index in [-0.39, 0.29) is 24.2 Å². The van der Waals surface area contributed by atoms with Gasteiger partial charge in [0, 0.05) is 58.9 Å². The zero-order valence-corrected chi connectivity index (χ0v) is 17.1. The Morgan fingerprint density at radius 1 is 1.07 bits per heavy atom. The van der Waals surface area contributed by atoms with Crippen molar-refractivity contribution in [2.75, 3.05) is 19.6 Å². The maximum Gasteiger partial charge on any atom is 0.252 e. The number of hydrogen-bond acceptors (Lipinski definition) is 3. The van der Waals surface area contributed by atoms with E-state index < -0.39 is 0 Å². The summed E-state index contributed by atoms with van der Waals surface area (Å²) in [5.41, 5.74) is 5.43. The number of hydrogen-bond donors (Lipinski definition) is 3. The molecule has 0 spiro atoms. The fraction of sp³-hybridized carbons (Fsp3) is 0.238. The average molecular weight is 431 g/mol. The Morgan fingerprint density at radius 2 is 1.93 bits per heavy atom. The Bertz CT molecular complexity index is 1130. The minimum atomic E-state index is -0.0878. The van der Waals surface area contributed by atoms with E-state index in [2.05, 4.69) is 44.8 Å². The number of nitrogens with one attached hydrogen (secondary N) is 3. The van der Waals surface area contributed by atoms with Gasteiger partial charge in [0.1, 0.15) is 0 Å². The molecule has 0 bridgehead atoms. The molecule has 1 saturated heterocycles. The molecule has 1 fully saturated rings. The lowest BCUT2D eigenvalue weighted by molar-refractivity contribution is -0.124. The molecule has 2 amide bonds. The summed E-state index contributed by atoms with van der Waals surface area (Å²) >= 11 is 6.26. The first-order chi connectivity index (χ1) is 13.6. The van der Waals surface area contributed by atoms with Gasteiger partial charge in [-0.25, -0.2) is 0 Å². The molecule has 0 unspecified atom stereocenters. The molecule has 8 heteroatoms. The number of halogens is 2. The highest BCUT2D eigenvalue weighted by Gasteiger charge is 2.26. The van der Waals surface area contributed by atoms with Gasteiger partial charge in [-0.15, -0.1) is 12.4 Å². The van der Waals surface area contributed by atoms with Crippen molar-refractivity contribution < 1.29 is 9.59 Å². The Kier molecular flexibility index (Phi) is 5.25. The molecule has 5 rings (SSSR count). The van der Waals surface area contributed by atoms with Crippen molar-refractivity contribution in [3.8, 4) is 11.3 Å². The normalized spacial score (nSPS) is 16.3. The van der Waals surface area contributed by atoms with Gasteiger partial charge >= 0.3 is 0 Å². The molecule has 0 aliphatic carbocycles. The Morgan fingerprint density at radius 3 is 2.76 bits per heavy atom. The van der Waals surface area contributed by atoms with E-state index in [1.54, 1.807) is 0 Å². The molecular formula is C21H20Cl2N4O2. The average Bonchev–Trinajstić information content (AvgIpc) is 3.26. The molecule has 3 heterocycles. The third kappa shape index (κ3) is 3.59. The summed E-state index contributed by atoms with van der Waals surface area (Å²) in [6.07, 6.45) is 0. The van der Waals surface area contributed by atoms with Gasteiger partial charge in [0.15, 0.2) is 0 Å². The predicted octanol–water partition coefficient (Wildman–Crippen LogP) is 3.09. The van der Waals surface area contributed by atoms with Crippen molar-refractivity contribution in [2.45, 2.75) is 13.1 Å². The van der Waals surface area contributed by atoms with Crippen LogP contribution >= 0.6 is 24.0 Å². The summed E-state index contributed by atoms with van der Waals surface area (Å²) < 4.78 is 0. The molecule has 2 aliphatic rings. The van der Waals surface area contributed by atoms with Gasteiger partial charge in [-0.2, -0.15) is 0 Å². The zero-order chi connectivity index (χ0) is 19.3. The van der Waals surface area contributed by atoms with Crippen molar-refractivity contribution in [3.05, 3.63) is 58.1 Å². The van der Waals surface area contributed by atoms with Crippen molar-refractivity contribution >= 4 is 46.7 Å². The molecule has 3 aromatic rings. The molecular weight excluding hydrogens is 411 g/mol. The summed E-state index contributed by atoms with van der Waals surface area (Å²) in [5.74, 6) is -0.0126. The molecule has 0 radical (unpaired) electrons. The monoisotopic (exact) mass is 430 g/mol. The molecule has 0 saturated carbocycles. The SMILES string of the molecule is Cl.O=C1CN(Cc2ccc3[nH]c(-c4ccc(Cl)c5c4C(=O)NC5)cc3c2)CCN1. The number of piperazine rings is 1. The number of benzene rings is 2. The molecule has 29 heavy (non-hydrogen) atoms. The van der Waals surface area contributed by atoms with Crippen molar-refractivity contribution in [1.29, 1.82) is 0 Å². The van der Waals surface area contributed by atoms with Gasteiger partial charge in [-0.3, -0.25) is 14.5 Å². The number of rotatable bonds is 3. The van der Waals surface area contributed by atoms with Crippen LogP contribution in [0.4, 0.5) is 0 Å². The highest BCUT2D eigenvalue weighted by molar-refractivity contribution is 6.32. The second kappa shape index (κ2) is 7.71. The third-order valence-corrected chi connectivity index (χ3v) is 5.76. The van der Waals surface area contributed by atoms with E-state index >= 15 is 0 Å². The lowest BCUT2D eigenvalue weighted by Gasteiger charge is -2.26.